The molecule has 0 amide bonds. The highest BCUT2D eigenvalue weighted by Crippen LogP contribution is 2.31. The summed E-state index contributed by atoms with van der Waals surface area (Å²) in [6, 6.07) is 3.92. The molecular weight excluding hydrogens is 360 g/mol. The van der Waals surface area contributed by atoms with Gasteiger partial charge in [-0.3, -0.25) is 29.0 Å². The van der Waals surface area contributed by atoms with Crippen molar-refractivity contribution in [2.75, 3.05) is 7.11 Å². The van der Waals surface area contributed by atoms with Gasteiger partial charge in [-0.15, -0.1) is 0 Å². The van der Waals surface area contributed by atoms with Crippen molar-refractivity contribution in [3.05, 3.63) is 49.0 Å². The molecule has 1 aromatic heterocycles. The summed E-state index contributed by atoms with van der Waals surface area (Å²) in [5, 5.41) is 21.3. The summed E-state index contributed by atoms with van der Waals surface area (Å²) in [5.74, 6) is -0.00855. The van der Waals surface area contributed by atoms with Crippen LogP contribution in [0.25, 0.3) is 0 Å². The lowest BCUT2D eigenvalue weighted by Crippen LogP contribution is -2.27. The summed E-state index contributed by atoms with van der Waals surface area (Å²) in [5.41, 5.74) is -0.560. The van der Waals surface area contributed by atoms with E-state index < -0.39 is 10.5 Å². The van der Waals surface area contributed by atoms with E-state index in [1.54, 1.807) is 13.8 Å². The molecule has 0 aliphatic rings. The van der Waals surface area contributed by atoms with Crippen LogP contribution < -0.4 is 10.3 Å². The maximum Gasteiger partial charge on any atom is 0.271 e. The number of aromatic nitrogens is 2. The van der Waals surface area contributed by atoms with Gasteiger partial charge in [0.05, 0.1) is 12.0 Å². The lowest BCUT2D eigenvalue weighted by Gasteiger charge is -2.13. The van der Waals surface area contributed by atoms with Gasteiger partial charge in [-0.25, -0.2) is 0 Å². The summed E-state index contributed by atoms with van der Waals surface area (Å²) in [7, 11) is 1.40. The maximum absolute atomic E-state index is 12.6. The lowest BCUT2D eigenvalue weighted by atomic mass is 10.2. The number of ether oxygens (including phenoxy) is 1. The molecule has 10 heteroatoms. The highest BCUT2D eigenvalue weighted by Gasteiger charge is 2.15. The number of aromatic hydroxyl groups is 1. The summed E-state index contributed by atoms with van der Waals surface area (Å²) in [6.45, 7) is 4.24. The smallest absolute Gasteiger partial charge is 0.271 e. The molecule has 9 nitrogen and oxygen atoms in total. The van der Waals surface area contributed by atoms with Crippen LogP contribution in [0.5, 0.6) is 11.6 Å². The third-order valence-electron chi connectivity index (χ3n) is 3.77. The molecule has 0 aliphatic heterocycles. The molecule has 138 valence electrons. The summed E-state index contributed by atoms with van der Waals surface area (Å²) < 4.78 is 8.09. The van der Waals surface area contributed by atoms with Crippen LogP contribution in [-0.2, 0) is 13.1 Å². The molecule has 0 saturated heterocycles. The van der Waals surface area contributed by atoms with Gasteiger partial charge >= 0.3 is 0 Å². The SMILES string of the molecule is CCn1c(O)c(C=Nc2cc([N+](=O)[O-])ccc2OC)c(=O)n(CC)c1=S. The van der Waals surface area contributed by atoms with Crippen molar-refractivity contribution in [2.45, 2.75) is 26.9 Å². The van der Waals surface area contributed by atoms with E-state index in [1.807, 2.05) is 0 Å². The number of hydrogen-bond acceptors (Lipinski definition) is 7. The highest BCUT2D eigenvalue weighted by atomic mass is 32.1. The van der Waals surface area contributed by atoms with Crippen molar-refractivity contribution >= 4 is 29.8 Å². The Bertz CT molecular complexity index is 993. The monoisotopic (exact) mass is 378 g/mol. The molecule has 26 heavy (non-hydrogen) atoms. The fraction of sp³-hybridized carbons (Fsp3) is 0.312. The van der Waals surface area contributed by atoms with Gasteiger partial charge < -0.3 is 9.84 Å². The molecule has 1 aromatic carbocycles. The van der Waals surface area contributed by atoms with E-state index in [9.17, 15) is 20.0 Å². The van der Waals surface area contributed by atoms with E-state index >= 15 is 0 Å². The first-order chi connectivity index (χ1) is 12.3. The van der Waals surface area contributed by atoms with E-state index in [2.05, 4.69) is 4.99 Å². The van der Waals surface area contributed by atoms with Gasteiger partial charge in [0.1, 0.15) is 17.0 Å². The fourth-order valence-electron chi connectivity index (χ4n) is 2.41. The molecular formula is C16H18N4O5S. The largest absolute Gasteiger partial charge is 0.494 e. The first-order valence-corrected chi connectivity index (χ1v) is 8.19. The summed E-state index contributed by atoms with van der Waals surface area (Å²) in [6.07, 6.45) is 1.16. The normalized spacial score (nSPS) is 11.0. The van der Waals surface area contributed by atoms with E-state index in [0.717, 1.165) is 6.21 Å². The molecule has 1 heterocycles. The van der Waals surface area contributed by atoms with Crippen molar-refractivity contribution in [1.29, 1.82) is 0 Å². The molecule has 1 N–H and O–H groups in total. The molecule has 0 unspecified atom stereocenters. The van der Waals surface area contributed by atoms with Crippen molar-refractivity contribution in [3.63, 3.8) is 0 Å². The minimum absolute atomic E-state index is 0.0594. The number of aliphatic imine (C=N–C) groups is 1. The first-order valence-electron chi connectivity index (χ1n) is 7.78. The Labute approximate surface area is 154 Å². The van der Waals surface area contributed by atoms with Crippen LogP contribution in [0.15, 0.2) is 28.0 Å². The average molecular weight is 378 g/mol. The van der Waals surface area contributed by atoms with Crippen LogP contribution in [0.1, 0.15) is 19.4 Å². The third-order valence-corrected chi connectivity index (χ3v) is 4.21. The molecule has 0 saturated carbocycles. The van der Waals surface area contributed by atoms with Crippen LogP contribution in [0, 0.1) is 14.9 Å². The standard InChI is InChI=1S/C16H18N4O5S/c1-4-18-14(21)11(15(22)19(5-2)16(18)26)9-17-12-8-10(20(23)24)6-7-13(12)25-3/h6-9,21H,4-5H2,1-3H3. The van der Waals surface area contributed by atoms with Gasteiger partial charge in [0.25, 0.3) is 11.2 Å². The summed E-state index contributed by atoms with van der Waals surface area (Å²) >= 11 is 5.21. The third kappa shape index (κ3) is 3.49. The zero-order chi connectivity index (χ0) is 19.4. The Kier molecular flexibility index (Phi) is 5.88. The maximum atomic E-state index is 12.6. The molecule has 2 aromatic rings. The van der Waals surface area contributed by atoms with Gasteiger partial charge in [-0.05, 0) is 32.1 Å². The Hall–Kier alpha value is -3.01. The molecule has 2 rings (SSSR count). The fourth-order valence-corrected chi connectivity index (χ4v) is 2.84. The second-order valence-corrected chi connectivity index (χ2v) is 5.55. The van der Waals surface area contributed by atoms with E-state index in [4.69, 9.17) is 17.0 Å². The number of nitro groups is 1. The van der Waals surface area contributed by atoms with Crippen molar-refractivity contribution in [2.24, 2.45) is 4.99 Å². The number of benzene rings is 1. The van der Waals surface area contributed by atoms with Crippen molar-refractivity contribution in [3.8, 4) is 11.6 Å². The molecule has 0 bridgehead atoms. The zero-order valence-corrected chi connectivity index (χ0v) is 15.3. The second-order valence-electron chi connectivity index (χ2n) is 5.18. The van der Waals surface area contributed by atoms with Gasteiger partial charge in [-0.1, -0.05) is 0 Å². The average Bonchev–Trinajstić information content (AvgIpc) is 2.62. The number of rotatable bonds is 6. The van der Waals surface area contributed by atoms with Crippen molar-refractivity contribution < 1.29 is 14.8 Å². The van der Waals surface area contributed by atoms with Crippen LogP contribution in [-0.4, -0.2) is 32.5 Å². The topological polar surface area (TPSA) is 112 Å². The van der Waals surface area contributed by atoms with Gasteiger partial charge in [0, 0.05) is 31.4 Å². The quantitative estimate of drug-likeness (QED) is 0.358. The van der Waals surface area contributed by atoms with E-state index in [1.165, 1.54) is 34.4 Å². The van der Waals surface area contributed by atoms with Crippen molar-refractivity contribution in [1.82, 2.24) is 9.13 Å². The Morgan fingerprint density at radius 3 is 2.54 bits per heavy atom. The zero-order valence-electron chi connectivity index (χ0n) is 14.5. The highest BCUT2D eigenvalue weighted by molar-refractivity contribution is 7.71. The second kappa shape index (κ2) is 7.91. The Morgan fingerprint density at radius 1 is 1.35 bits per heavy atom. The van der Waals surface area contributed by atoms with E-state index in [-0.39, 0.29) is 27.6 Å². The van der Waals surface area contributed by atoms with Gasteiger partial charge in [0.2, 0.25) is 5.88 Å². The van der Waals surface area contributed by atoms with E-state index in [0.29, 0.717) is 18.8 Å². The van der Waals surface area contributed by atoms with Gasteiger partial charge in [-0.2, -0.15) is 0 Å². The summed E-state index contributed by atoms with van der Waals surface area (Å²) in [4.78, 5) is 27.1. The Morgan fingerprint density at radius 2 is 2.00 bits per heavy atom. The molecule has 0 atom stereocenters. The molecule has 0 aliphatic carbocycles. The molecule has 0 radical (unpaired) electrons. The Balaban J connectivity index is 2.66. The lowest BCUT2D eigenvalue weighted by molar-refractivity contribution is -0.384. The number of methoxy groups -OCH3 is 1. The number of nitro benzene ring substituents is 1. The van der Waals surface area contributed by atoms with Gasteiger partial charge in [0.15, 0.2) is 4.77 Å². The molecule has 0 spiro atoms. The predicted octanol–water partition coefficient (Wildman–Crippen LogP) is 2.79. The molecule has 0 fully saturated rings. The van der Waals surface area contributed by atoms with Crippen LogP contribution in [0.4, 0.5) is 11.4 Å². The minimum Gasteiger partial charge on any atom is -0.494 e. The minimum atomic E-state index is -0.558. The number of hydrogen-bond donors (Lipinski definition) is 1. The predicted molar refractivity (Wildman–Crippen MR) is 99.4 cm³/mol. The van der Waals surface area contributed by atoms with Crippen LogP contribution >= 0.6 is 12.2 Å². The number of nitrogens with zero attached hydrogens (tertiary/aromatic N) is 4. The van der Waals surface area contributed by atoms with Crippen LogP contribution in [0.3, 0.4) is 0 Å². The first kappa shape index (κ1) is 19.3. The van der Waals surface area contributed by atoms with Crippen LogP contribution in [0.2, 0.25) is 0 Å². The number of non-ortho nitro benzene ring substituents is 1.